The highest BCUT2D eigenvalue weighted by molar-refractivity contribution is 6.09. The number of hydrogen-bond acceptors (Lipinski definition) is 7. The number of amides is 2. The molecule has 4 heterocycles. The minimum absolute atomic E-state index is 0.227. The third-order valence-electron chi connectivity index (χ3n) is 5.78. The van der Waals surface area contributed by atoms with Crippen molar-refractivity contribution in [1.29, 1.82) is 0 Å². The molecule has 8 heteroatoms. The number of rotatable bonds is 5. The number of piperidine rings is 1. The first-order valence-electron chi connectivity index (χ1n) is 10.3. The van der Waals surface area contributed by atoms with Gasteiger partial charge in [-0.05, 0) is 24.6 Å². The number of carbonyl (C=O) groups excluding carboxylic acids is 2. The summed E-state index contributed by atoms with van der Waals surface area (Å²) in [5, 5.41) is 4.20. The monoisotopic (exact) mass is 409 g/mol. The van der Waals surface area contributed by atoms with Crippen molar-refractivity contribution in [2.24, 2.45) is 0 Å². The number of nitrogens with zero attached hydrogens (tertiary/aromatic N) is 2. The number of nitrogens with one attached hydrogen (secondary N) is 1. The van der Waals surface area contributed by atoms with E-state index in [1.54, 1.807) is 6.26 Å². The number of furan rings is 1. The molecule has 3 aromatic rings. The zero-order valence-electron chi connectivity index (χ0n) is 16.6. The third kappa shape index (κ3) is 3.64. The lowest BCUT2D eigenvalue weighted by atomic mass is 9.89. The lowest BCUT2D eigenvalue weighted by molar-refractivity contribution is -0.134. The van der Waals surface area contributed by atoms with Gasteiger partial charge in [-0.25, -0.2) is 4.98 Å². The van der Waals surface area contributed by atoms with Crippen LogP contribution in [-0.2, 0) is 14.3 Å². The van der Waals surface area contributed by atoms with Gasteiger partial charge < -0.3 is 13.9 Å². The molecule has 0 bridgehead atoms. The number of fused-ring (bicyclic) bond motifs is 3. The first-order valence-corrected chi connectivity index (χ1v) is 10.3. The molecule has 2 aromatic heterocycles. The number of benzene rings is 1. The van der Waals surface area contributed by atoms with Crippen molar-refractivity contribution in [2.45, 2.75) is 18.8 Å². The number of pyridine rings is 1. The molecule has 0 unspecified atom stereocenters. The Labute approximate surface area is 173 Å². The van der Waals surface area contributed by atoms with Gasteiger partial charge in [-0.15, -0.1) is 0 Å². The van der Waals surface area contributed by atoms with Crippen LogP contribution in [0.2, 0.25) is 0 Å². The van der Waals surface area contributed by atoms with Gasteiger partial charge >= 0.3 is 0 Å². The Balaban J connectivity index is 1.39. The van der Waals surface area contributed by atoms with Crippen LogP contribution >= 0.6 is 0 Å². The Morgan fingerprint density at radius 1 is 1.17 bits per heavy atom. The average molecular weight is 409 g/mol. The SMILES string of the molecule is O=C1CC[C@H](c2coc3ccc4nc(OCCN5CCOCC5)ccc4c23)C(=O)N1. The summed E-state index contributed by atoms with van der Waals surface area (Å²) < 4.78 is 16.9. The van der Waals surface area contributed by atoms with E-state index in [9.17, 15) is 9.59 Å². The molecule has 2 fully saturated rings. The van der Waals surface area contributed by atoms with Crippen LogP contribution in [-0.4, -0.2) is 61.2 Å². The van der Waals surface area contributed by atoms with E-state index in [0.29, 0.717) is 30.9 Å². The number of carbonyl (C=O) groups is 2. The number of morpholine rings is 1. The second-order valence-corrected chi connectivity index (χ2v) is 7.65. The van der Waals surface area contributed by atoms with Crippen molar-refractivity contribution in [3.8, 4) is 5.88 Å². The fourth-order valence-electron chi connectivity index (χ4n) is 4.18. The molecule has 1 N–H and O–H groups in total. The largest absolute Gasteiger partial charge is 0.476 e. The minimum Gasteiger partial charge on any atom is -0.476 e. The van der Waals surface area contributed by atoms with Crippen LogP contribution in [0.4, 0.5) is 0 Å². The van der Waals surface area contributed by atoms with Gasteiger partial charge in [0.25, 0.3) is 0 Å². The molecule has 156 valence electrons. The molecule has 8 nitrogen and oxygen atoms in total. The predicted molar refractivity (Wildman–Crippen MR) is 109 cm³/mol. The molecule has 2 amide bonds. The smallest absolute Gasteiger partial charge is 0.234 e. The average Bonchev–Trinajstić information content (AvgIpc) is 3.19. The van der Waals surface area contributed by atoms with Gasteiger partial charge in [0, 0.05) is 48.5 Å². The molecule has 0 radical (unpaired) electrons. The Hall–Kier alpha value is -2.97. The van der Waals surface area contributed by atoms with E-state index in [1.165, 1.54) is 0 Å². The van der Waals surface area contributed by atoms with Gasteiger partial charge in [0.1, 0.15) is 12.2 Å². The standard InChI is InChI=1S/C22H23N3O5/c26-19-5-1-14(22(27)24-19)16-13-30-18-4-3-17-15(21(16)18)2-6-20(23-17)29-12-9-25-7-10-28-11-8-25/h2-4,6,13-14H,1,5,7-12H2,(H,24,26,27)/t14-/m1/s1. The minimum atomic E-state index is -0.404. The van der Waals surface area contributed by atoms with E-state index in [4.69, 9.17) is 13.9 Å². The molecule has 0 saturated carbocycles. The molecule has 2 aliphatic heterocycles. The summed E-state index contributed by atoms with van der Waals surface area (Å²) in [6.07, 6.45) is 2.43. The highest BCUT2D eigenvalue weighted by Gasteiger charge is 2.31. The second-order valence-electron chi connectivity index (χ2n) is 7.65. The number of imide groups is 1. The van der Waals surface area contributed by atoms with Crippen LogP contribution in [0, 0.1) is 0 Å². The second kappa shape index (κ2) is 8.04. The van der Waals surface area contributed by atoms with E-state index < -0.39 is 5.92 Å². The van der Waals surface area contributed by atoms with Gasteiger partial charge in [-0.1, -0.05) is 0 Å². The first-order chi connectivity index (χ1) is 14.7. The summed E-state index contributed by atoms with van der Waals surface area (Å²) >= 11 is 0. The van der Waals surface area contributed by atoms with Crippen molar-refractivity contribution in [3.63, 3.8) is 0 Å². The highest BCUT2D eigenvalue weighted by atomic mass is 16.5. The maximum Gasteiger partial charge on any atom is 0.234 e. The number of ether oxygens (including phenoxy) is 2. The maximum absolute atomic E-state index is 12.4. The zero-order valence-corrected chi connectivity index (χ0v) is 16.6. The molecule has 1 aromatic carbocycles. The summed E-state index contributed by atoms with van der Waals surface area (Å²) in [5.41, 5.74) is 2.27. The summed E-state index contributed by atoms with van der Waals surface area (Å²) in [5.74, 6) is -0.336. The number of aromatic nitrogens is 1. The fourth-order valence-corrected chi connectivity index (χ4v) is 4.18. The van der Waals surface area contributed by atoms with E-state index in [2.05, 4.69) is 15.2 Å². The topological polar surface area (TPSA) is 93.9 Å². The van der Waals surface area contributed by atoms with Crippen LogP contribution in [0.5, 0.6) is 5.88 Å². The van der Waals surface area contributed by atoms with Crippen LogP contribution in [0.3, 0.4) is 0 Å². The quantitative estimate of drug-likeness (QED) is 0.646. The Bertz CT molecular complexity index is 1100. The van der Waals surface area contributed by atoms with E-state index in [-0.39, 0.29) is 11.8 Å². The van der Waals surface area contributed by atoms with E-state index in [0.717, 1.165) is 54.7 Å². The Kier molecular flexibility index (Phi) is 5.10. The van der Waals surface area contributed by atoms with Crippen molar-refractivity contribution in [2.75, 3.05) is 39.5 Å². The Morgan fingerprint density at radius 2 is 2.03 bits per heavy atom. The van der Waals surface area contributed by atoms with E-state index >= 15 is 0 Å². The molecule has 2 aliphatic rings. The van der Waals surface area contributed by atoms with Crippen molar-refractivity contribution < 1.29 is 23.5 Å². The van der Waals surface area contributed by atoms with Gasteiger partial charge in [-0.3, -0.25) is 19.8 Å². The van der Waals surface area contributed by atoms with Gasteiger partial charge in [0.15, 0.2) is 0 Å². The highest BCUT2D eigenvalue weighted by Crippen LogP contribution is 2.36. The van der Waals surface area contributed by atoms with Gasteiger partial charge in [0.05, 0.1) is 30.9 Å². The van der Waals surface area contributed by atoms with Gasteiger partial charge in [0.2, 0.25) is 17.7 Å². The molecule has 0 aliphatic carbocycles. The maximum atomic E-state index is 12.4. The summed E-state index contributed by atoms with van der Waals surface area (Å²) in [7, 11) is 0. The zero-order chi connectivity index (χ0) is 20.5. The Morgan fingerprint density at radius 3 is 2.87 bits per heavy atom. The van der Waals surface area contributed by atoms with E-state index in [1.807, 2.05) is 24.3 Å². The van der Waals surface area contributed by atoms with Crippen LogP contribution in [0.1, 0.15) is 24.3 Å². The molecule has 5 rings (SSSR count). The molecule has 1 atom stereocenters. The predicted octanol–water partition coefficient (Wildman–Crippen LogP) is 2.21. The molecule has 2 saturated heterocycles. The molecule has 0 spiro atoms. The van der Waals surface area contributed by atoms with Crippen molar-refractivity contribution in [3.05, 3.63) is 36.1 Å². The molecular formula is C22H23N3O5. The van der Waals surface area contributed by atoms with Crippen molar-refractivity contribution in [1.82, 2.24) is 15.2 Å². The first kappa shape index (κ1) is 19.0. The lowest BCUT2D eigenvalue weighted by Crippen LogP contribution is -2.39. The van der Waals surface area contributed by atoms with Crippen LogP contribution in [0.15, 0.2) is 34.9 Å². The van der Waals surface area contributed by atoms with Gasteiger partial charge in [-0.2, -0.15) is 0 Å². The summed E-state index contributed by atoms with van der Waals surface area (Å²) in [4.78, 5) is 30.8. The number of hydrogen-bond donors (Lipinski definition) is 1. The van der Waals surface area contributed by atoms with Crippen LogP contribution < -0.4 is 10.1 Å². The fraction of sp³-hybridized carbons (Fsp3) is 0.409. The molecule has 30 heavy (non-hydrogen) atoms. The summed E-state index contributed by atoms with van der Waals surface area (Å²) in [6, 6.07) is 7.56. The normalized spacial score (nSPS) is 20.6. The van der Waals surface area contributed by atoms with Crippen molar-refractivity contribution >= 4 is 33.7 Å². The summed E-state index contributed by atoms with van der Waals surface area (Å²) in [6.45, 7) is 4.79. The third-order valence-corrected chi connectivity index (χ3v) is 5.78. The lowest BCUT2D eigenvalue weighted by Gasteiger charge is -2.26. The van der Waals surface area contributed by atoms with Crippen LogP contribution in [0.25, 0.3) is 21.9 Å². The molecular weight excluding hydrogens is 386 g/mol.